The van der Waals surface area contributed by atoms with Crippen LogP contribution in [0.4, 0.5) is 0 Å². The average Bonchev–Trinajstić information content (AvgIpc) is 3.15. The van der Waals surface area contributed by atoms with Gasteiger partial charge in [-0.3, -0.25) is 0 Å². The molecule has 1 aromatic carbocycles. The minimum Gasteiger partial charge on any atom is -0.452 e. The van der Waals surface area contributed by atoms with Gasteiger partial charge in [0.1, 0.15) is 0 Å². The third-order valence-corrected chi connectivity index (χ3v) is 6.23. The molecule has 0 N–H and O–H groups in total. The number of hydrogen-bond acceptors (Lipinski definition) is 7. The lowest BCUT2D eigenvalue weighted by Gasteiger charge is -2.25. The van der Waals surface area contributed by atoms with E-state index in [1.807, 2.05) is 6.92 Å². The van der Waals surface area contributed by atoms with E-state index in [0.717, 1.165) is 25.7 Å². The first-order chi connectivity index (χ1) is 13.0. The molecule has 1 aliphatic heterocycles. The second kappa shape index (κ2) is 8.62. The van der Waals surface area contributed by atoms with Gasteiger partial charge < -0.3 is 9.26 Å². The van der Waals surface area contributed by atoms with Gasteiger partial charge in [-0.1, -0.05) is 24.6 Å². The zero-order valence-electron chi connectivity index (χ0n) is 15.3. The maximum atomic E-state index is 12.7. The van der Waals surface area contributed by atoms with Crippen molar-refractivity contribution in [3.8, 4) is 0 Å². The quantitative estimate of drug-likeness (QED) is 0.666. The molecule has 0 amide bonds. The number of hydrogen-bond donors (Lipinski definition) is 0. The third-order valence-electron chi connectivity index (χ3n) is 4.33. The molecule has 146 valence electrons. The van der Waals surface area contributed by atoms with Crippen molar-refractivity contribution in [1.82, 2.24) is 14.4 Å². The summed E-state index contributed by atoms with van der Waals surface area (Å²) in [6.07, 6.45) is 4.31. The number of carbonyl (C=O) groups is 1. The van der Waals surface area contributed by atoms with E-state index in [2.05, 4.69) is 10.1 Å². The Labute approximate surface area is 158 Å². The number of aromatic nitrogens is 2. The number of piperidine rings is 1. The molecule has 1 aliphatic rings. The SMILES string of the molecule is CCCc1noc(COC(=O)c2cccc(S(=O)(=O)N3CCCCC3)c2)n1. The lowest BCUT2D eigenvalue weighted by molar-refractivity contribution is 0.0429. The maximum Gasteiger partial charge on any atom is 0.338 e. The lowest BCUT2D eigenvalue weighted by Crippen LogP contribution is -2.35. The minimum atomic E-state index is -3.60. The van der Waals surface area contributed by atoms with Crippen LogP contribution < -0.4 is 0 Å². The number of benzene rings is 1. The van der Waals surface area contributed by atoms with Crippen molar-refractivity contribution in [2.75, 3.05) is 13.1 Å². The van der Waals surface area contributed by atoms with Crippen molar-refractivity contribution in [3.63, 3.8) is 0 Å². The Kier molecular flexibility index (Phi) is 6.22. The van der Waals surface area contributed by atoms with Gasteiger partial charge in [0.05, 0.1) is 10.5 Å². The fourth-order valence-corrected chi connectivity index (χ4v) is 4.49. The molecule has 0 aliphatic carbocycles. The molecule has 1 aromatic heterocycles. The van der Waals surface area contributed by atoms with E-state index in [0.29, 0.717) is 25.3 Å². The topological polar surface area (TPSA) is 103 Å². The van der Waals surface area contributed by atoms with Crippen LogP contribution in [0.1, 0.15) is 54.7 Å². The number of aryl methyl sites for hydroxylation is 1. The molecular weight excluding hydrogens is 370 g/mol. The summed E-state index contributed by atoms with van der Waals surface area (Å²) in [5, 5.41) is 3.79. The van der Waals surface area contributed by atoms with Crippen molar-refractivity contribution in [3.05, 3.63) is 41.5 Å². The fourth-order valence-electron chi connectivity index (χ4n) is 2.92. The summed E-state index contributed by atoms with van der Waals surface area (Å²) in [6, 6.07) is 5.91. The van der Waals surface area contributed by atoms with Crippen LogP contribution in [0, 0.1) is 0 Å². The molecule has 2 aromatic rings. The number of nitrogens with zero attached hydrogens (tertiary/aromatic N) is 3. The molecule has 8 nitrogen and oxygen atoms in total. The first-order valence-corrected chi connectivity index (χ1v) is 10.5. The summed E-state index contributed by atoms with van der Waals surface area (Å²) in [6.45, 7) is 2.86. The summed E-state index contributed by atoms with van der Waals surface area (Å²) >= 11 is 0. The molecule has 0 atom stereocenters. The van der Waals surface area contributed by atoms with Crippen molar-refractivity contribution >= 4 is 16.0 Å². The Hall–Kier alpha value is -2.26. The van der Waals surface area contributed by atoms with E-state index < -0.39 is 16.0 Å². The molecule has 1 saturated heterocycles. The van der Waals surface area contributed by atoms with Gasteiger partial charge >= 0.3 is 5.97 Å². The maximum absolute atomic E-state index is 12.7. The van der Waals surface area contributed by atoms with Crippen LogP contribution >= 0.6 is 0 Å². The first-order valence-electron chi connectivity index (χ1n) is 9.09. The van der Waals surface area contributed by atoms with Crippen LogP contribution in [-0.4, -0.2) is 41.9 Å². The van der Waals surface area contributed by atoms with Crippen molar-refractivity contribution in [2.24, 2.45) is 0 Å². The normalized spacial score (nSPS) is 15.6. The number of carbonyl (C=O) groups excluding carboxylic acids is 1. The minimum absolute atomic E-state index is 0.0990. The van der Waals surface area contributed by atoms with Gasteiger partial charge in [0.2, 0.25) is 10.0 Å². The lowest BCUT2D eigenvalue weighted by atomic mass is 10.2. The Morgan fingerprint density at radius 2 is 2.04 bits per heavy atom. The molecule has 9 heteroatoms. The predicted molar refractivity (Wildman–Crippen MR) is 96.5 cm³/mol. The third kappa shape index (κ3) is 4.72. The highest BCUT2D eigenvalue weighted by Crippen LogP contribution is 2.21. The summed E-state index contributed by atoms with van der Waals surface area (Å²) in [4.78, 5) is 16.5. The van der Waals surface area contributed by atoms with Crippen molar-refractivity contribution in [2.45, 2.75) is 50.5 Å². The van der Waals surface area contributed by atoms with Crippen LogP contribution in [0.5, 0.6) is 0 Å². The zero-order chi connectivity index (χ0) is 19.3. The Bertz CT molecular complexity index is 888. The smallest absolute Gasteiger partial charge is 0.338 e. The Morgan fingerprint density at radius 3 is 2.78 bits per heavy atom. The Balaban J connectivity index is 1.67. The van der Waals surface area contributed by atoms with Crippen molar-refractivity contribution < 1.29 is 22.5 Å². The highest BCUT2D eigenvalue weighted by Gasteiger charge is 2.26. The highest BCUT2D eigenvalue weighted by molar-refractivity contribution is 7.89. The molecule has 0 unspecified atom stereocenters. The largest absolute Gasteiger partial charge is 0.452 e. The molecule has 0 radical (unpaired) electrons. The number of esters is 1. The number of ether oxygens (including phenoxy) is 1. The van der Waals surface area contributed by atoms with Crippen LogP contribution in [0.25, 0.3) is 0 Å². The zero-order valence-corrected chi connectivity index (χ0v) is 16.1. The van der Waals surface area contributed by atoms with Crippen molar-refractivity contribution in [1.29, 1.82) is 0 Å². The van der Waals surface area contributed by atoms with E-state index in [4.69, 9.17) is 9.26 Å². The monoisotopic (exact) mass is 393 g/mol. The van der Waals surface area contributed by atoms with Gasteiger partial charge in [-0.25, -0.2) is 13.2 Å². The number of sulfonamides is 1. The van der Waals surface area contributed by atoms with E-state index in [1.54, 1.807) is 6.07 Å². The van der Waals surface area contributed by atoms with Gasteiger partial charge in [0.15, 0.2) is 12.4 Å². The Morgan fingerprint density at radius 1 is 1.26 bits per heavy atom. The second-order valence-corrected chi connectivity index (χ2v) is 8.36. The van der Waals surface area contributed by atoms with Crippen LogP contribution in [0.3, 0.4) is 0 Å². The summed E-state index contributed by atoms with van der Waals surface area (Å²) in [5.74, 6) is 0.142. The predicted octanol–water partition coefficient (Wildman–Crippen LogP) is 2.55. The molecule has 1 fully saturated rings. The molecule has 2 heterocycles. The summed E-state index contributed by atoms with van der Waals surface area (Å²) in [7, 11) is -3.60. The van der Waals surface area contributed by atoms with E-state index in [1.165, 1.54) is 22.5 Å². The molecule has 27 heavy (non-hydrogen) atoms. The van der Waals surface area contributed by atoms with Gasteiger partial charge in [0, 0.05) is 19.5 Å². The summed E-state index contributed by atoms with van der Waals surface area (Å²) < 4.78 is 37.2. The summed E-state index contributed by atoms with van der Waals surface area (Å²) in [5.41, 5.74) is 0.168. The standard InChI is InChI=1S/C18H23N3O5S/c1-2-7-16-19-17(26-20-16)13-25-18(22)14-8-6-9-15(12-14)27(23,24)21-10-4-3-5-11-21/h6,8-9,12H,2-5,7,10-11,13H2,1H3. The van der Waals surface area contributed by atoms with Crippen LogP contribution in [0.15, 0.2) is 33.7 Å². The molecule has 0 spiro atoms. The molecular formula is C18H23N3O5S. The van der Waals surface area contributed by atoms with E-state index >= 15 is 0 Å². The molecule has 3 rings (SSSR count). The van der Waals surface area contributed by atoms with Gasteiger partial charge in [-0.15, -0.1) is 0 Å². The molecule has 0 saturated carbocycles. The van der Waals surface area contributed by atoms with Crippen LogP contribution in [0.2, 0.25) is 0 Å². The first kappa shape index (κ1) is 19.5. The van der Waals surface area contributed by atoms with Gasteiger partial charge in [-0.05, 0) is 37.5 Å². The number of rotatable bonds is 7. The van der Waals surface area contributed by atoms with Gasteiger partial charge in [0.25, 0.3) is 5.89 Å². The van der Waals surface area contributed by atoms with Crippen LogP contribution in [-0.2, 0) is 27.8 Å². The van der Waals surface area contributed by atoms with Gasteiger partial charge in [-0.2, -0.15) is 9.29 Å². The average molecular weight is 393 g/mol. The van der Waals surface area contributed by atoms with E-state index in [9.17, 15) is 13.2 Å². The second-order valence-electron chi connectivity index (χ2n) is 6.42. The molecule has 0 bridgehead atoms. The highest BCUT2D eigenvalue weighted by atomic mass is 32.2. The fraction of sp³-hybridized carbons (Fsp3) is 0.500. The van der Waals surface area contributed by atoms with E-state index in [-0.39, 0.29) is 23.0 Å².